The molecular weight excluding hydrogens is 565 g/mol. The van der Waals surface area contributed by atoms with E-state index in [0.29, 0.717) is 28.8 Å². The van der Waals surface area contributed by atoms with E-state index in [4.69, 9.17) is 14.6 Å². The van der Waals surface area contributed by atoms with Crippen molar-refractivity contribution in [2.24, 2.45) is 0 Å². The van der Waals surface area contributed by atoms with Crippen molar-refractivity contribution < 1.29 is 41.0 Å². The maximum Gasteiger partial charge on any atom is 0.416 e. The molecule has 5 rings (SSSR count). The summed E-state index contributed by atoms with van der Waals surface area (Å²) in [7, 11) is -3.02. The molecule has 0 amide bonds. The summed E-state index contributed by atoms with van der Waals surface area (Å²) in [4.78, 5) is 15.1. The van der Waals surface area contributed by atoms with Crippen LogP contribution in [0, 0.1) is 0 Å². The Morgan fingerprint density at radius 1 is 1.15 bits per heavy atom. The molecule has 10 nitrogen and oxygen atoms in total. The van der Waals surface area contributed by atoms with Crippen LogP contribution in [0.4, 0.5) is 18.9 Å². The van der Waals surface area contributed by atoms with Gasteiger partial charge in [-0.25, -0.2) is 13.4 Å². The normalized spacial score (nSPS) is 15.2. The number of para-hydroxylation sites is 1. The zero-order valence-corrected chi connectivity index (χ0v) is 22.2. The third kappa shape index (κ3) is 5.68. The fourth-order valence-electron chi connectivity index (χ4n) is 4.43. The monoisotopic (exact) mass is 588 g/mol. The molecule has 2 heterocycles. The second-order valence-corrected chi connectivity index (χ2v) is 11.0. The number of nitrogens with zero attached hydrogens (tertiary/aromatic N) is 3. The number of aromatic nitrogens is 3. The molecule has 0 saturated heterocycles. The minimum Gasteiger partial charge on any atom is -0.496 e. The minimum absolute atomic E-state index is 0.0195. The van der Waals surface area contributed by atoms with Gasteiger partial charge in [-0.05, 0) is 55.0 Å². The second-order valence-electron chi connectivity index (χ2n) is 9.12. The first-order chi connectivity index (χ1) is 19.5. The number of ether oxygens (including phenoxy) is 2. The molecule has 0 bridgehead atoms. The number of nitrogens with one attached hydrogen (secondary N) is 1. The maximum atomic E-state index is 13.8. The van der Waals surface area contributed by atoms with Crippen molar-refractivity contribution in [1.29, 1.82) is 0 Å². The summed E-state index contributed by atoms with van der Waals surface area (Å²) in [5, 5.41) is 16.2. The Bertz CT molecular complexity index is 1710. The number of carboxylic acids is 1. The van der Waals surface area contributed by atoms with Crippen molar-refractivity contribution in [2.75, 3.05) is 18.0 Å². The van der Waals surface area contributed by atoms with Crippen molar-refractivity contribution >= 4 is 21.7 Å². The molecule has 0 radical (unpaired) electrons. The fraction of sp³-hybridized carbons (Fsp3) is 0.222. The van der Waals surface area contributed by atoms with E-state index in [1.54, 1.807) is 30.3 Å². The van der Waals surface area contributed by atoms with E-state index in [9.17, 15) is 26.4 Å². The number of aliphatic carboxylic acids is 1. The molecule has 0 aliphatic carbocycles. The number of sulfonamides is 1. The second kappa shape index (κ2) is 10.8. The summed E-state index contributed by atoms with van der Waals surface area (Å²) in [6, 6.07) is 15.1. The smallest absolute Gasteiger partial charge is 0.416 e. The lowest BCUT2D eigenvalue weighted by molar-refractivity contribution is -0.138. The lowest BCUT2D eigenvalue weighted by atomic mass is 10.1. The number of anilines is 1. The number of alkyl halides is 3. The predicted molar refractivity (Wildman–Crippen MR) is 141 cm³/mol. The summed E-state index contributed by atoms with van der Waals surface area (Å²) in [5.41, 5.74) is -0.0222. The number of fused-ring (bicyclic) bond motifs is 1. The third-order valence-electron chi connectivity index (χ3n) is 6.43. The fourth-order valence-corrected chi connectivity index (χ4v) is 5.97. The van der Waals surface area contributed by atoms with Crippen LogP contribution in [0.15, 0.2) is 71.6 Å². The van der Waals surface area contributed by atoms with Crippen LogP contribution in [-0.4, -0.2) is 54.4 Å². The molecular formula is C27H23F3N4O6S. The van der Waals surface area contributed by atoms with Gasteiger partial charge in [0.05, 0.1) is 35.4 Å². The van der Waals surface area contributed by atoms with Gasteiger partial charge in [-0.1, -0.05) is 18.2 Å². The van der Waals surface area contributed by atoms with Gasteiger partial charge in [0, 0.05) is 12.0 Å². The first-order valence-electron chi connectivity index (χ1n) is 12.3. The van der Waals surface area contributed by atoms with E-state index in [2.05, 4.69) is 15.2 Å². The van der Waals surface area contributed by atoms with E-state index in [1.807, 2.05) is 0 Å². The van der Waals surface area contributed by atoms with Crippen LogP contribution in [0.25, 0.3) is 22.8 Å². The van der Waals surface area contributed by atoms with Crippen LogP contribution in [0.5, 0.6) is 11.5 Å². The number of H-pyrrole nitrogens is 1. The highest BCUT2D eigenvalue weighted by Crippen LogP contribution is 2.41. The van der Waals surface area contributed by atoms with Gasteiger partial charge in [0.15, 0.2) is 11.6 Å². The summed E-state index contributed by atoms with van der Waals surface area (Å²) >= 11 is 0. The number of hydrogen-bond donors (Lipinski definition) is 2. The minimum atomic E-state index is -4.75. The number of carboxylic acid groups (broad SMARTS) is 1. The Labute approximate surface area is 232 Å². The predicted octanol–water partition coefficient (Wildman–Crippen LogP) is 4.99. The molecule has 0 spiro atoms. The molecule has 1 atom stereocenters. The van der Waals surface area contributed by atoms with Crippen molar-refractivity contribution in [2.45, 2.75) is 30.0 Å². The third-order valence-corrected chi connectivity index (χ3v) is 8.20. The first-order valence-corrected chi connectivity index (χ1v) is 13.7. The standard InChI is InChI=1S/C27H23F3N4O6S/c1-39-22-8-3-2-7-20(22)26-31-25(32-33-26)16-9-11-23-21(13-16)34(15-18(40-23)10-12-24(35)36)41(37,38)19-6-4-5-17(14-19)27(28,29)30/h2-9,11,13-14,18H,10,12,15H2,1H3,(H,35,36)(H,31,32,33)/t18-/m1/s1. The van der Waals surface area contributed by atoms with Crippen LogP contribution < -0.4 is 13.8 Å². The van der Waals surface area contributed by atoms with Gasteiger partial charge in [0.1, 0.15) is 17.6 Å². The first kappa shape index (κ1) is 28.0. The number of benzene rings is 3. The van der Waals surface area contributed by atoms with Gasteiger partial charge < -0.3 is 14.6 Å². The summed E-state index contributed by atoms with van der Waals surface area (Å²) in [6.07, 6.45) is -5.92. The van der Waals surface area contributed by atoms with Crippen LogP contribution in [0.1, 0.15) is 18.4 Å². The van der Waals surface area contributed by atoms with Crippen molar-refractivity contribution in [3.05, 3.63) is 72.3 Å². The lowest BCUT2D eigenvalue weighted by Gasteiger charge is -2.35. The Kier molecular flexibility index (Phi) is 7.34. The zero-order valence-electron chi connectivity index (χ0n) is 21.4. The molecule has 3 aromatic carbocycles. The van der Waals surface area contributed by atoms with Crippen LogP contribution in [0.3, 0.4) is 0 Å². The van der Waals surface area contributed by atoms with Crippen LogP contribution in [-0.2, 0) is 21.0 Å². The van der Waals surface area contributed by atoms with Gasteiger partial charge in [-0.3, -0.25) is 14.2 Å². The molecule has 4 aromatic rings. The van der Waals surface area contributed by atoms with Crippen molar-refractivity contribution in [1.82, 2.24) is 15.2 Å². The number of hydrogen-bond acceptors (Lipinski definition) is 7. The number of carbonyl (C=O) groups is 1. The number of methoxy groups -OCH3 is 1. The SMILES string of the molecule is COc1ccccc1-c1nc(-c2ccc3c(c2)N(S(=O)(=O)c2cccc(C(F)(F)F)c2)C[C@@H](CCC(=O)O)O3)n[nH]1. The van der Waals surface area contributed by atoms with Gasteiger partial charge in [-0.2, -0.15) is 18.3 Å². The van der Waals surface area contributed by atoms with Gasteiger partial charge in [0.25, 0.3) is 10.0 Å². The van der Waals surface area contributed by atoms with E-state index in [0.717, 1.165) is 22.5 Å². The van der Waals surface area contributed by atoms with Crippen LogP contribution >= 0.6 is 0 Å². The highest BCUT2D eigenvalue weighted by molar-refractivity contribution is 7.92. The maximum absolute atomic E-state index is 13.8. The molecule has 214 valence electrons. The quantitative estimate of drug-likeness (QED) is 0.294. The molecule has 1 aromatic heterocycles. The molecule has 1 aliphatic heterocycles. The van der Waals surface area contributed by atoms with E-state index >= 15 is 0 Å². The van der Waals surface area contributed by atoms with Crippen LogP contribution in [0.2, 0.25) is 0 Å². The Balaban J connectivity index is 1.56. The number of halogens is 3. The summed E-state index contributed by atoms with van der Waals surface area (Å²) in [6.45, 7) is -0.317. The topological polar surface area (TPSA) is 135 Å². The van der Waals surface area contributed by atoms with Gasteiger partial charge >= 0.3 is 12.1 Å². The Hall–Kier alpha value is -4.59. The molecule has 0 saturated carbocycles. The summed E-state index contributed by atoms with van der Waals surface area (Å²) in [5.74, 6) is 0.190. The van der Waals surface area contributed by atoms with Crippen molar-refractivity contribution in [3.63, 3.8) is 0 Å². The average molecular weight is 589 g/mol. The molecule has 2 N–H and O–H groups in total. The molecule has 41 heavy (non-hydrogen) atoms. The van der Waals surface area contributed by atoms with Gasteiger partial charge in [-0.15, -0.1) is 0 Å². The largest absolute Gasteiger partial charge is 0.496 e. The molecule has 14 heteroatoms. The lowest BCUT2D eigenvalue weighted by Crippen LogP contribution is -2.43. The van der Waals surface area contributed by atoms with E-state index in [-0.39, 0.29) is 36.6 Å². The Morgan fingerprint density at radius 2 is 1.93 bits per heavy atom. The van der Waals surface area contributed by atoms with Crippen molar-refractivity contribution in [3.8, 4) is 34.3 Å². The van der Waals surface area contributed by atoms with E-state index in [1.165, 1.54) is 19.2 Å². The van der Waals surface area contributed by atoms with E-state index < -0.39 is 38.7 Å². The molecule has 0 fully saturated rings. The van der Waals surface area contributed by atoms with Gasteiger partial charge in [0.2, 0.25) is 0 Å². The Morgan fingerprint density at radius 3 is 2.66 bits per heavy atom. The summed E-state index contributed by atoms with van der Waals surface area (Å²) < 4.78 is 79.9. The number of rotatable bonds is 8. The zero-order chi connectivity index (χ0) is 29.4. The average Bonchev–Trinajstić information content (AvgIpc) is 3.45. The number of aromatic amines is 1. The highest BCUT2D eigenvalue weighted by atomic mass is 32.2. The molecule has 0 unspecified atom stereocenters. The highest BCUT2D eigenvalue weighted by Gasteiger charge is 2.37. The molecule has 1 aliphatic rings.